The lowest BCUT2D eigenvalue weighted by Gasteiger charge is -2.38. The van der Waals surface area contributed by atoms with Crippen LogP contribution in [0.5, 0.6) is 0 Å². The van der Waals surface area contributed by atoms with E-state index in [9.17, 15) is 4.79 Å². The van der Waals surface area contributed by atoms with Gasteiger partial charge in [-0.1, -0.05) is 46.3 Å². The molecule has 0 aliphatic carbocycles. The number of hydrogen-bond donors (Lipinski definition) is 3. The van der Waals surface area contributed by atoms with Gasteiger partial charge in [-0.25, -0.2) is 0 Å². The molecule has 1 saturated heterocycles. The molecule has 2 aromatic rings. The van der Waals surface area contributed by atoms with E-state index in [-0.39, 0.29) is 5.91 Å². The number of carbonyl (C=O) groups excluding carboxylic acids is 1. The molecule has 1 amide bonds. The molecule has 0 aromatic heterocycles. The molecule has 0 saturated carbocycles. The second-order valence-electron chi connectivity index (χ2n) is 6.13. The lowest BCUT2D eigenvalue weighted by Crippen LogP contribution is -2.57. The van der Waals surface area contributed by atoms with Crippen LogP contribution < -0.4 is 16.0 Å². The first-order valence-electron chi connectivity index (χ1n) is 8.25. The molecule has 126 valence electrons. The van der Waals surface area contributed by atoms with E-state index in [0.717, 1.165) is 41.7 Å². The number of nitrogens with one attached hydrogen (secondary N) is 3. The van der Waals surface area contributed by atoms with Gasteiger partial charge in [-0.2, -0.15) is 0 Å². The highest BCUT2D eigenvalue weighted by molar-refractivity contribution is 9.10. The first-order valence-corrected chi connectivity index (χ1v) is 9.04. The van der Waals surface area contributed by atoms with E-state index in [1.165, 1.54) is 0 Å². The molecule has 3 N–H and O–H groups in total. The van der Waals surface area contributed by atoms with Crippen molar-refractivity contribution in [2.24, 2.45) is 0 Å². The summed E-state index contributed by atoms with van der Waals surface area (Å²) in [5.74, 6) is 0.0655. The molecule has 0 unspecified atom stereocenters. The number of carbonyl (C=O) groups is 1. The quantitative estimate of drug-likeness (QED) is 0.737. The maximum atomic E-state index is 13.0. The summed E-state index contributed by atoms with van der Waals surface area (Å²) in [7, 11) is 0. The van der Waals surface area contributed by atoms with Crippen LogP contribution in [-0.2, 0) is 11.3 Å². The van der Waals surface area contributed by atoms with Crippen molar-refractivity contribution in [3.8, 4) is 0 Å². The van der Waals surface area contributed by atoms with Gasteiger partial charge in [-0.3, -0.25) is 4.79 Å². The number of amides is 1. The van der Waals surface area contributed by atoms with Crippen LogP contribution in [0, 0.1) is 0 Å². The van der Waals surface area contributed by atoms with E-state index in [1.807, 2.05) is 54.6 Å². The fourth-order valence-electron chi connectivity index (χ4n) is 3.02. The van der Waals surface area contributed by atoms with E-state index in [0.29, 0.717) is 6.54 Å². The average Bonchev–Trinajstić information content (AvgIpc) is 2.63. The monoisotopic (exact) mass is 387 g/mol. The molecule has 1 fully saturated rings. The normalized spacial score (nSPS) is 16.4. The van der Waals surface area contributed by atoms with Gasteiger partial charge in [0.15, 0.2) is 0 Å². The van der Waals surface area contributed by atoms with Crippen molar-refractivity contribution < 1.29 is 4.79 Å². The third kappa shape index (κ3) is 4.16. The average molecular weight is 388 g/mol. The van der Waals surface area contributed by atoms with Crippen molar-refractivity contribution in [1.82, 2.24) is 10.6 Å². The molecule has 4 nitrogen and oxygen atoms in total. The lowest BCUT2D eigenvalue weighted by molar-refractivity contribution is -0.126. The van der Waals surface area contributed by atoms with Crippen LogP contribution in [0.25, 0.3) is 0 Å². The fourth-order valence-corrected chi connectivity index (χ4v) is 3.28. The van der Waals surface area contributed by atoms with Crippen molar-refractivity contribution in [3.05, 3.63) is 64.6 Å². The minimum absolute atomic E-state index is 0.0655. The van der Waals surface area contributed by atoms with Gasteiger partial charge in [-0.05, 0) is 55.8 Å². The third-order valence-electron chi connectivity index (χ3n) is 4.42. The second kappa shape index (κ2) is 7.81. The smallest absolute Gasteiger partial charge is 0.246 e. The Kier molecular flexibility index (Phi) is 5.53. The van der Waals surface area contributed by atoms with Crippen molar-refractivity contribution >= 4 is 27.5 Å². The molecule has 1 aliphatic heterocycles. The summed E-state index contributed by atoms with van der Waals surface area (Å²) in [5.41, 5.74) is 1.52. The lowest BCUT2D eigenvalue weighted by atomic mass is 9.86. The first-order chi connectivity index (χ1) is 11.7. The van der Waals surface area contributed by atoms with E-state index in [4.69, 9.17) is 0 Å². The molecule has 0 radical (unpaired) electrons. The molecule has 2 aromatic carbocycles. The van der Waals surface area contributed by atoms with Crippen LogP contribution in [0.3, 0.4) is 0 Å². The molecular formula is C19H22BrN3O. The van der Waals surface area contributed by atoms with Gasteiger partial charge in [0, 0.05) is 16.7 Å². The Labute approximate surface area is 151 Å². The highest BCUT2D eigenvalue weighted by Gasteiger charge is 2.39. The SMILES string of the molecule is O=C(NCc1ccccc1)C1(Nc2ccc(Br)cc2)CCNCC1. The first kappa shape index (κ1) is 17.0. The number of halogens is 1. The van der Waals surface area contributed by atoms with Crippen molar-refractivity contribution in [2.45, 2.75) is 24.9 Å². The minimum atomic E-state index is -0.562. The third-order valence-corrected chi connectivity index (χ3v) is 4.94. The molecule has 5 heteroatoms. The van der Waals surface area contributed by atoms with E-state index >= 15 is 0 Å². The Morgan fingerprint density at radius 2 is 1.71 bits per heavy atom. The summed E-state index contributed by atoms with van der Waals surface area (Å²) in [6, 6.07) is 18.0. The van der Waals surface area contributed by atoms with Crippen LogP contribution in [0.15, 0.2) is 59.1 Å². The summed E-state index contributed by atoms with van der Waals surface area (Å²) < 4.78 is 1.03. The highest BCUT2D eigenvalue weighted by Crippen LogP contribution is 2.26. The van der Waals surface area contributed by atoms with Gasteiger partial charge >= 0.3 is 0 Å². The van der Waals surface area contributed by atoms with E-state index in [2.05, 4.69) is 31.9 Å². The molecule has 24 heavy (non-hydrogen) atoms. The van der Waals surface area contributed by atoms with Crippen LogP contribution in [-0.4, -0.2) is 24.5 Å². The molecule has 3 rings (SSSR count). The predicted octanol–water partition coefficient (Wildman–Crippen LogP) is 3.30. The van der Waals surface area contributed by atoms with Gasteiger partial charge in [0.2, 0.25) is 5.91 Å². The van der Waals surface area contributed by atoms with Gasteiger partial charge in [0.25, 0.3) is 0 Å². The maximum Gasteiger partial charge on any atom is 0.246 e. The fraction of sp³-hybridized carbons (Fsp3) is 0.316. The number of hydrogen-bond acceptors (Lipinski definition) is 3. The second-order valence-corrected chi connectivity index (χ2v) is 7.05. The number of benzene rings is 2. The van der Waals surface area contributed by atoms with Gasteiger partial charge in [0.1, 0.15) is 5.54 Å². The Morgan fingerprint density at radius 1 is 1.04 bits per heavy atom. The zero-order valence-corrected chi connectivity index (χ0v) is 15.1. The Bertz CT molecular complexity index is 667. The zero-order chi connectivity index (χ0) is 16.8. The highest BCUT2D eigenvalue weighted by atomic mass is 79.9. The predicted molar refractivity (Wildman–Crippen MR) is 101 cm³/mol. The molecule has 0 spiro atoms. The van der Waals surface area contributed by atoms with Crippen LogP contribution >= 0.6 is 15.9 Å². The Hall–Kier alpha value is -1.85. The van der Waals surface area contributed by atoms with Gasteiger partial charge < -0.3 is 16.0 Å². The largest absolute Gasteiger partial charge is 0.371 e. The van der Waals surface area contributed by atoms with Crippen molar-refractivity contribution in [3.63, 3.8) is 0 Å². The maximum absolute atomic E-state index is 13.0. The summed E-state index contributed by atoms with van der Waals surface area (Å²) in [5, 5.41) is 9.92. The van der Waals surface area contributed by atoms with Crippen molar-refractivity contribution in [2.75, 3.05) is 18.4 Å². The topological polar surface area (TPSA) is 53.2 Å². The van der Waals surface area contributed by atoms with Crippen molar-refractivity contribution in [1.29, 1.82) is 0 Å². The van der Waals surface area contributed by atoms with Crippen LogP contribution in [0.1, 0.15) is 18.4 Å². The number of piperidine rings is 1. The number of rotatable bonds is 5. The standard InChI is InChI=1S/C19H22BrN3O/c20-16-6-8-17(9-7-16)23-19(10-12-21-13-11-19)18(24)22-14-15-4-2-1-3-5-15/h1-9,21,23H,10-14H2,(H,22,24). The zero-order valence-electron chi connectivity index (χ0n) is 13.5. The Morgan fingerprint density at radius 3 is 2.38 bits per heavy atom. The van der Waals surface area contributed by atoms with E-state index in [1.54, 1.807) is 0 Å². The molecular weight excluding hydrogens is 366 g/mol. The number of anilines is 1. The summed E-state index contributed by atoms with van der Waals surface area (Å²) in [4.78, 5) is 13.0. The summed E-state index contributed by atoms with van der Waals surface area (Å²) in [6.45, 7) is 2.22. The molecule has 0 bridgehead atoms. The van der Waals surface area contributed by atoms with Crippen LogP contribution in [0.4, 0.5) is 5.69 Å². The minimum Gasteiger partial charge on any atom is -0.371 e. The van der Waals surface area contributed by atoms with Gasteiger partial charge in [-0.15, -0.1) is 0 Å². The van der Waals surface area contributed by atoms with Gasteiger partial charge in [0.05, 0.1) is 0 Å². The molecule has 1 aliphatic rings. The molecule has 0 atom stereocenters. The Balaban J connectivity index is 1.72. The summed E-state index contributed by atoms with van der Waals surface area (Å²) in [6.07, 6.45) is 1.54. The summed E-state index contributed by atoms with van der Waals surface area (Å²) >= 11 is 3.45. The van der Waals surface area contributed by atoms with E-state index < -0.39 is 5.54 Å². The van der Waals surface area contributed by atoms with Crippen LogP contribution in [0.2, 0.25) is 0 Å². The molecule has 1 heterocycles.